The van der Waals surface area contributed by atoms with Gasteiger partial charge in [-0.1, -0.05) is 46.5 Å². The van der Waals surface area contributed by atoms with E-state index >= 15 is 0 Å². The minimum atomic E-state index is -0.683. The van der Waals surface area contributed by atoms with Crippen molar-refractivity contribution < 1.29 is 77.7 Å². The number of nitrogens with one attached hydrogen (secondary N) is 3. The van der Waals surface area contributed by atoms with Gasteiger partial charge in [-0.3, -0.25) is 14.4 Å². The second-order valence-electron chi connectivity index (χ2n) is 6.19. The summed E-state index contributed by atoms with van der Waals surface area (Å²) in [6.07, 6.45) is 5.60. The van der Waals surface area contributed by atoms with E-state index in [2.05, 4.69) is 22.9 Å². The molecule has 0 fully saturated rings. The molecule has 0 radical (unpaired) electrons. The number of likely N-dealkylation sites (N-methyl/N-ethyl adjacent to an activating group) is 1. The van der Waals surface area contributed by atoms with Gasteiger partial charge in [0, 0.05) is 7.11 Å². The molecule has 9 nitrogen and oxygen atoms in total. The van der Waals surface area contributed by atoms with Crippen molar-refractivity contribution >= 4 is 17.7 Å². The Morgan fingerprint density at radius 3 is 1.67 bits per heavy atom. The summed E-state index contributed by atoms with van der Waals surface area (Å²) in [5.74, 6) is -1.14. The predicted octanol–water partition coefficient (Wildman–Crippen LogP) is -2.54. The Balaban J connectivity index is -0.000000231. The fraction of sp³-hybridized carbons (Fsp3) is 0.800. The number of hydrogen-bond donors (Lipinski definition) is 6. The van der Waals surface area contributed by atoms with Crippen LogP contribution in [0, 0.1) is 7.43 Å². The number of nitrogens with two attached hydrogens (primary N) is 2. The molecular formula is C20H46N5O4Rb. The topological polar surface area (TPSA) is 160 Å². The molecule has 0 aliphatic rings. The molecule has 0 aliphatic carbocycles. The molecule has 10 heteroatoms. The van der Waals surface area contributed by atoms with Crippen LogP contribution in [0.5, 0.6) is 0 Å². The Morgan fingerprint density at radius 1 is 0.900 bits per heavy atom. The van der Waals surface area contributed by atoms with Crippen LogP contribution in [0.15, 0.2) is 0 Å². The van der Waals surface area contributed by atoms with Gasteiger partial charge >= 0.3 is 58.2 Å². The summed E-state index contributed by atoms with van der Waals surface area (Å²) < 4.78 is 0. The van der Waals surface area contributed by atoms with Crippen LogP contribution in [-0.2, 0) is 14.4 Å². The predicted molar refractivity (Wildman–Crippen MR) is 120 cm³/mol. The van der Waals surface area contributed by atoms with Crippen LogP contribution in [-0.4, -0.2) is 62.2 Å². The summed E-state index contributed by atoms with van der Waals surface area (Å²) in [6, 6.07) is -1.32. The fourth-order valence-corrected chi connectivity index (χ4v) is 2.05. The van der Waals surface area contributed by atoms with Crippen molar-refractivity contribution in [2.24, 2.45) is 11.5 Å². The molecule has 30 heavy (non-hydrogen) atoms. The van der Waals surface area contributed by atoms with E-state index in [-0.39, 0.29) is 84.0 Å². The molecule has 0 aromatic heterocycles. The van der Waals surface area contributed by atoms with Crippen molar-refractivity contribution in [1.29, 1.82) is 0 Å². The second kappa shape index (κ2) is 31.3. The summed E-state index contributed by atoms with van der Waals surface area (Å²) in [5, 5.41) is 15.1. The number of aliphatic hydroxyl groups excluding tert-OH is 1. The third kappa shape index (κ3) is 26.1. The van der Waals surface area contributed by atoms with Crippen molar-refractivity contribution in [3.63, 3.8) is 0 Å². The Hall–Kier alpha value is 0.0952. The van der Waals surface area contributed by atoms with Gasteiger partial charge in [0.1, 0.15) is 12.1 Å². The first-order valence-electron chi connectivity index (χ1n) is 10.1. The van der Waals surface area contributed by atoms with E-state index in [0.717, 1.165) is 45.8 Å². The largest absolute Gasteiger partial charge is 1.00 e. The van der Waals surface area contributed by atoms with E-state index in [9.17, 15) is 14.4 Å². The molecule has 0 saturated carbocycles. The number of hydrogen-bond acceptors (Lipinski definition) is 6. The normalized spacial score (nSPS) is 10.9. The number of unbranched alkanes of at least 4 members (excludes halogenated alkanes) is 2. The van der Waals surface area contributed by atoms with Gasteiger partial charge in [-0.05, 0) is 32.9 Å². The SMILES string of the molecule is CCCC[C@H](NC(=O)[C@@H](CCCC)NC(=O)CNC)C(N)=O.CCCN.CO.[CH3-].[Rb+]. The van der Waals surface area contributed by atoms with E-state index in [1.54, 1.807) is 7.05 Å². The van der Waals surface area contributed by atoms with Gasteiger partial charge in [0.05, 0.1) is 6.54 Å². The standard InChI is InChI=1S/C15H30N4O3.C3H9N.CH4O.CH3.Rb/c1-4-6-8-11(14(16)21)19-15(22)12(9-7-5-2)18-13(20)10-17-3;1-2-3-4;1-2;;/h11-12,17H,4-10H2,1-3H3,(H2,16,21)(H,18,20)(H,19,22);2-4H2,1H3;2H,1H3;1H3;/q;;;-1;+1/t11-,12+;;;;/m0..../s1. The first kappa shape index (κ1) is 40.5. The van der Waals surface area contributed by atoms with Crippen molar-refractivity contribution in [2.75, 3.05) is 27.2 Å². The van der Waals surface area contributed by atoms with Crippen LogP contribution in [0.2, 0.25) is 0 Å². The van der Waals surface area contributed by atoms with Crippen LogP contribution in [0.3, 0.4) is 0 Å². The van der Waals surface area contributed by atoms with E-state index in [4.69, 9.17) is 16.6 Å². The van der Waals surface area contributed by atoms with Crippen LogP contribution in [0.4, 0.5) is 0 Å². The Bertz CT molecular complexity index is 399. The zero-order valence-corrected chi connectivity index (χ0v) is 25.3. The molecule has 0 unspecified atom stereocenters. The zero-order chi connectivity index (χ0) is 22.4. The molecule has 0 rings (SSSR count). The average Bonchev–Trinajstić information content (AvgIpc) is 2.69. The summed E-state index contributed by atoms with van der Waals surface area (Å²) >= 11 is 0. The van der Waals surface area contributed by atoms with E-state index in [1.807, 2.05) is 13.8 Å². The maximum atomic E-state index is 12.3. The van der Waals surface area contributed by atoms with Crippen molar-refractivity contribution in [2.45, 2.75) is 77.8 Å². The Kier molecular flexibility index (Phi) is 42.2. The smallest absolute Gasteiger partial charge is 0.400 e. The molecular weight excluding hydrogens is 460 g/mol. The van der Waals surface area contributed by atoms with Crippen LogP contribution in [0.25, 0.3) is 0 Å². The van der Waals surface area contributed by atoms with Gasteiger partial charge in [-0.15, -0.1) is 0 Å². The van der Waals surface area contributed by atoms with E-state index in [1.165, 1.54) is 0 Å². The molecule has 0 spiro atoms. The van der Waals surface area contributed by atoms with Gasteiger partial charge in [0.2, 0.25) is 17.7 Å². The van der Waals surface area contributed by atoms with Gasteiger partial charge in [0.25, 0.3) is 0 Å². The van der Waals surface area contributed by atoms with Crippen LogP contribution >= 0.6 is 0 Å². The van der Waals surface area contributed by atoms with E-state index < -0.39 is 18.0 Å². The molecule has 0 aromatic rings. The summed E-state index contributed by atoms with van der Waals surface area (Å²) in [7, 11) is 2.66. The van der Waals surface area contributed by atoms with Gasteiger partial charge in [0.15, 0.2) is 0 Å². The zero-order valence-electron chi connectivity index (χ0n) is 20.3. The molecule has 0 heterocycles. The van der Waals surface area contributed by atoms with Gasteiger partial charge < -0.3 is 40.0 Å². The van der Waals surface area contributed by atoms with Gasteiger partial charge in [-0.25, -0.2) is 0 Å². The molecule has 0 saturated heterocycles. The van der Waals surface area contributed by atoms with E-state index in [0.29, 0.717) is 12.8 Å². The van der Waals surface area contributed by atoms with Crippen LogP contribution < -0.4 is 85.6 Å². The van der Waals surface area contributed by atoms with Crippen LogP contribution in [0.1, 0.15) is 65.7 Å². The first-order chi connectivity index (χ1) is 13.4. The maximum Gasteiger partial charge on any atom is 1.00 e. The summed E-state index contributed by atoms with van der Waals surface area (Å²) in [4.78, 5) is 35.4. The van der Waals surface area contributed by atoms with Crippen molar-refractivity contribution in [3.05, 3.63) is 7.43 Å². The molecule has 3 amide bonds. The monoisotopic (exact) mass is 505 g/mol. The molecule has 2 atom stereocenters. The summed E-state index contributed by atoms with van der Waals surface area (Å²) in [6.45, 7) is 7.03. The second-order valence-corrected chi connectivity index (χ2v) is 6.19. The number of amides is 3. The fourth-order valence-electron chi connectivity index (χ4n) is 2.05. The number of primary amides is 1. The minimum Gasteiger partial charge on any atom is -0.400 e. The van der Waals surface area contributed by atoms with Gasteiger partial charge in [-0.2, -0.15) is 0 Å². The number of rotatable bonds is 13. The maximum absolute atomic E-state index is 12.3. The Morgan fingerprint density at radius 2 is 1.33 bits per heavy atom. The number of aliphatic hydroxyl groups is 1. The number of carbonyl (C=O) groups is 3. The summed E-state index contributed by atoms with van der Waals surface area (Å²) in [5.41, 5.74) is 10.4. The average molecular weight is 506 g/mol. The number of carbonyl (C=O) groups excluding carboxylic acids is 3. The third-order valence-electron chi connectivity index (χ3n) is 3.63. The molecule has 8 N–H and O–H groups in total. The Labute approximate surface area is 233 Å². The first-order valence-corrected chi connectivity index (χ1v) is 10.1. The van der Waals surface area contributed by atoms with Crippen molar-refractivity contribution in [1.82, 2.24) is 16.0 Å². The molecule has 0 aliphatic heterocycles. The molecule has 176 valence electrons. The molecule has 0 bridgehead atoms. The minimum absolute atomic E-state index is 0. The van der Waals surface area contributed by atoms with Crippen molar-refractivity contribution in [3.8, 4) is 0 Å². The quantitative estimate of drug-likeness (QED) is 0.151. The third-order valence-corrected chi connectivity index (χ3v) is 3.63. The molecule has 0 aromatic carbocycles.